The fourth-order valence-electron chi connectivity index (χ4n) is 1.10. The molecule has 0 saturated heterocycles. The number of methoxy groups -OCH3 is 1. The lowest BCUT2D eigenvalue weighted by Crippen LogP contribution is -2.35. The van der Waals surface area contributed by atoms with Crippen molar-refractivity contribution in [2.45, 2.75) is 12.5 Å². The second kappa shape index (κ2) is 5.87. The van der Waals surface area contributed by atoms with Gasteiger partial charge in [0.1, 0.15) is 0 Å². The number of ether oxygens (including phenoxy) is 1. The largest absolute Gasteiger partial charge is 0.481 e. The van der Waals surface area contributed by atoms with Gasteiger partial charge in [0.2, 0.25) is 11.8 Å². The van der Waals surface area contributed by atoms with Crippen LogP contribution in [0.3, 0.4) is 0 Å². The zero-order valence-electron chi connectivity index (χ0n) is 9.14. The molecule has 0 spiro atoms. The predicted molar refractivity (Wildman–Crippen MR) is 62.2 cm³/mol. The van der Waals surface area contributed by atoms with Crippen LogP contribution in [-0.2, 0) is 4.79 Å². The lowest BCUT2D eigenvalue weighted by atomic mass is 10.2. The lowest BCUT2D eigenvalue weighted by Gasteiger charge is -2.10. The number of nitrogens with one attached hydrogen (secondary N) is 1. The highest BCUT2D eigenvalue weighted by atomic mass is 16.5. The first-order valence-corrected chi connectivity index (χ1v) is 4.84. The van der Waals surface area contributed by atoms with Crippen molar-refractivity contribution in [2.75, 3.05) is 12.4 Å². The van der Waals surface area contributed by atoms with E-state index in [1.165, 1.54) is 13.3 Å². The number of nitrogens with two attached hydrogens (primary N) is 1. The number of carbonyl (C=O) groups is 1. The van der Waals surface area contributed by atoms with Crippen LogP contribution in [0.4, 0.5) is 5.69 Å². The van der Waals surface area contributed by atoms with Crippen molar-refractivity contribution in [3.05, 3.63) is 31.0 Å². The molecule has 1 aromatic heterocycles. The van der Waals surface area contributed by atoms with E-state index in [1.807, 2.05) is 0 Å². The van der Waals surface area contributed by atoms with E-state index in [1.54, 1.807) is 18.2 Å². The summed E-state index contributed by atoms with van der Waals surface area (Å²) < 4.78 is 4.90. The van der Waals surface area contributed by atoms with Crippen molar-refractivity contribution in [1.82, 2.24) is 4.98 Å². The van der Waals surface area contributed by atoms with Crippen LogP contribution in [0.25, 0.3) is 0 Å². The van der Waals surface area contributed by atoms with Gasteiger partial charge in [-0.1, -0.05) is 6.08 Å². The summed E-state index contributed by atoms with van der Waals surface area (Å²) in [7, 11) is 1.53. The lowest BCUT2D eigenvalue weighted by molar-refractivity contribution is -0.117. The highest BCUT2D eigenvalue weighted by molar-refractivity contribution is 5.94. The van der Waals surface area contributed by atoms with Crippen LogP contribution in [0.5, 0.6) is 5.88 Å². The summed E-state index contributed by atoms with van der Waals surface area (Å²) in [5, 5.41) is 2.65. The van der Waals surface area contributed by atoms with E-state index < -0.39 is 6.04 Å². The van der Waals surface area contributed by atoms with Gasteiger partial charge < -0.3 is 15.8 Å². The van der Waals surface area contributed by atoms with Crippen LogP contribution in [-0.4, -0.2) is 24.0 Å². The number of hydrogen-bond acceptors (Lipinski definition) is 4. The van der Waals surface area contributed by atoms with Gasteiger partial charge in [0.05, 0.1) is 25.0 Å². The second-order valence-electron chi connectivity index (χ2n) is 3.21. The molecule has 1 heterocycles. The molecule has 0 aliphatic carbocycles. The van der Waals surface area contributed by atoms with E-state index in [0.717, 1.165) is 0 Å². The number of carbonyl (C=O) groups excluding carboxylic acids is 1. The van der Waals surface area contributed by atoms with E-state index in [0.29, 0.717) is 18.0 Å². The third-order valence-electron chi connectivity index (χ3n) is 1.97. The Kier molecular flexibility index (Phi) is 4.47. The average molecular weight is 221 g/mol. The van der Waals surface area contributed by atoms with Crippen molar-refractivity contribution in [3.63, 3.8) is 0 Å². The van der Waals surface area contributed by atoms with Gasteiger partial charge in [-0.05, 0) is 12.5 Å². The number of rotatable bonds is 5. The molecule has 3 N–H and O–H groups in total. The molecule has 0 radical (unpaired) electrons. The molecule has 0 aliphatic rings. The van der Waals surface area contributed by atoms with E-state index in [4.69, 9.17) is 10.5 Å². The van der Waals surface area contributed by atoms with Crippen LogP contribution >= 0.6 is 0 Å². The van der Waals surface area contributed by atoms with Crippen LogP contribution in [0.1, 0.15) is 6.42 Å². The van der Waals surface area contributed by atoms with Crippen LogP contribution < -0.4 is 15.8 Å². The first-order chi connectivity index (χ1) is 7.67. The number of aromatic nitrogens is 1. The molecule has 1 unspecified atom stereocenters. The van der Waals surface area contributed by atoms with Crippen LogP contribution in [0, 0.1) is 0 Å². The SMILES string of the molecule is C=CCC(N)C(=O)Nc1ccc(OC)nc1. The third-order valence-corrected chi connectivity index (χ3v) is 1.97. The van der Waals surface area contributed by atoms with E-state index in [-0.39, 0.29) is 5.91 Å². The molecule has 0 bridgehead atoms. The van der Waals surface area contributed by atoms with Crippen molar-refractivity contribution in [1.29, 1.82) is 0 Å². The minimum absolute atomic E-state index is 0.258. The average Bonchev–Trinajstić information content (AvgIpc) is 2.30. The molecule has 5 heteroatoms. The molecule has 1 atom stereocenters. The van der Waals surface area contributed by atoms with Crippen LogP contribution in [0.15, 0.2) is 31.0 Å². The Morgan fingerprint density at radius 3 is 3.00 bits per heavy atom. The normalized spacial score (nSPS) is 11.6. The van der Waals surface area contributed by atoms with E-state index in [9.17, 15) is 4.79 Å². The molecule has 0 saturated carbocycles. The van der Waals surface area contributed by atoms with Crippen molar-refractivity contribution in [2.24, 2.45) is 5.73 Å². The summed E-state index contributed by atoms with van der Waals surface area (Å²) in [5.41, 5.74) is 6.19. The number of nitrogens with zero attached hydrogens (tertiary/aromatic N) is 1. The highest BCUT2D eigenvalue weighted by Crippen LogP contribution is 2.11. The summed E-state index contributed by atoms with van der Waals surface area (Å²) in [6.07, 6.45) is 3.56. The molecule has 1 aromatic rings. The maximum Gasteiger partial charge on any atom is 0.241 e. The highest BCUT2D eigenvalue weighted by Gasteiger charge is 2.11. The smallest absolute Gasteiger partial charge is 0.241 e. The maximum absolute atomic E-state index is 11.5. The molecule has 86 valence electrons. The monoisotopic (exact) mass is 221 g/mol. The molecule has 0 fully saturated rings. The molecule has 16 heavy (non-hydrogen) atoms. The number of hydrogen-bond donors (Lipinski definition) is 2. The van der Waals surface area contributed by atoms with Gasteiger partial charge in [-0.25, -0.2) is 4.98 Å². The topological polar surface area (TPSA) is 77.2 Å². The molecular formula is C11H15N3O2. The van der Waals surface area contributed by atoms with E-state index in [2.05, 4.69) is 16.9 Å². The summed E-state index contributed by atoms with van der Waals surface area (Å²) in [5.74, 6) is 0.236. The fraction of sp³-hybridized carbons (Fsp3) is 0.273. The molecule has 0 aliphatic heterocycles. The number of amides is 1. The molecule has 1 amide bonds. The Morgan fingerprint density at radius 1 is 1.75 bits per heavy atom. The van der Waals surface area contributed by atoms with Gasteiger partial charge >= 0.3 is 0 Å². The van der Waals surface area contributed by atoms with Crippen molar-refractivity contribution < 1.29 is 9.53 Å². The maximum atomic E-state index is 11.5. The Balaban J connectivity index is 2.58. The minimum atomic E-state index is -0.584. The van der Waals surface area contributed by atoms with Crippen molar-refractivity contribution in [3.8, 4) is 5.88 Å². The third kappa shape index (κ3) is 3.36. The Hall–Kier alpha value is -1.88. The molecule has 0 aromatic carbocycles. The zero-order valence-corrected chi connectivity index (χ0v) is 9.14. The first-order valence-electron chi connectivity index (χ1n) is 4.84. The molecule has 5 nitrogen and oxygen atoms in total. The van der Waals surface area contributed by atoms with Gasteiger partial charge in [-0.2, -0.15) is 0 Å². The fourth-order valence-corrected chi connectivity index (χ4v) is 1.10. The first kappa shape index (κ1) is 12.2. The summed E-state index contributed by atoms with van der Waals surface area (Å²) >= 11 is 0. The van der Waals surface area contributed by atoms with Gasteiger partial charge in [0.25, 0.3) is 0 Å². The van der Waals surface area contributed by atoms with Gasteiger partial charge in [0.15, 0.2) is 0 Å². The van der Waals surface area contributed by atoms with E-state index >= 15 is 0 Å². The zero-order chi connectivity index (χ0) is 12.0. The minimum Gasteiger partial charge on any atom is -0.481 e. The molecular weight excluding hydrogens is 206 g/mol. The number of pyridine rings is 1. The summed E-state index contributed by atoms with van der Waals surface area (Å²) in [6, 6.07) is 2.78. The quantitative estimate of drug-likeness (QED) is 0.725. The molecule has 1 rings (SSSR count). The number of anilines is 1. The van der Waals surface area contributed by atoms with Gasteiger partial charge in [-0.3, -0.25) is 4.79 Å². The Labute approximate surface area is 94.3 Å². The Bertz CT molecular complexity index is 362. The second-order valence-corrected chi connectivity index (χ2v) is 3.21. The summed E-state index contributed by atoms with van der Waals surface area (Å²) in [4.78, 5) is 15.5. The Morgan fingerprint density at radius 2 is 2.50 bits per heavy atom. The van der Waals surface area contributed by atoms with Crippen molar-refractivity contribution >= 4 is 11.6 Å². The van der Waals surface area contributed by atoms with Gasteiger partial charge in [0, 0.05) is 6.07 Å². The predicted octanol–water partition coefficient (Wildman–Crippen LogP) is 0.932. The standard InChI is InChI=1S/C11H15N3O2/c1-3-4-9(12)11(15)14-8-5-6-10(16-2)13-7-8/h3,5-7,9H,1,4,12H2,2H3,(H,14,15). The van der Waals surface area contributed by atoms with Gasteiger partial charge in [-0.15, -0.1) is 6.58 Å². The summed E-state index contributed by atoms with van der Waals surface area (Å²) in [6.45, 7) is 3.52. The van der Waals surface area contributed by atoms with Crippen LogP contribution in [0.2, 0.25) is 0 Å².